The highest BCUT2D eigenvalue weighted by molar-refractivity contribution is 5.71. The van der Waals surface area contributed by atoms with Crippen LogP contribution in [0.2, 0.25) is 0 Å². The van der Waals surface area contributed by atoms with E-state index in [1.807, 2.05) is 12.4 Å². The molecule has 1 saturated carbocycles. The molecule has 0 unspecified atom stereocenters. The van der Waals surface area contributed by atoms with Crippen molar-refractivity contribution in [1.82, 2.24) is 19.7 Å². The lowest BCUT2D eigenvalue weighted by atomic mass is 9.82. The molecule has 1 saturated heterocycles. The van der Waals surface area contributed by atoms with Crippen LogP contribution in [-0.4, -0.2) is 32.8 Å². The Morgan fingerprint density at radius 2 is 1.90 bits per heavy atom. The molecule has 0 radical (unpaired) electrons. The van der Waals surface area contributed by atoms with Crippen LogP contribution in [0.25, 0.3) is 11.2 Å². The fraction of sp³-hybridized carbons (Fsp3) is 0.667. The Balaban J connectivity index is 1.68. The first-order valence-electron chi connectivity index (χ1n) is 7.76. The van der Waals surface area contributed by atoms with Crippen molar-refractivity contribution in [2.45, 2.75) is 45.1 Å². The summed E-state index contributed by atoms with van der Waals surface area (Å²) in [6.45, 7) is 4.51. The smallest absolute Gasteiger partial charge is 0.179 e. The maximum Gasteiger partial charge on any atom is 0.179 e. The highest BCUT2D eigenvalue weighted by Crippen LogP contribution is 2.38. The largest absolute Gasteiger partial charge is 0.355 e. The molecule has 5 nitrogen and oxygen atoms in total. The molecule has 0 atom stereocenters. The highest BCUT2D eigenvalue weighted by atomic mass is 15.3. The van der Waals surface area contributed by atoms with Gasteiger partial charge in [-0.25, -0.2) is 14.6 Å². The van der Waals surface area contributed by atoms with Gasteiger partial charge in [-0.3, -0.25) is 0 Å². The Bertz CT molecular complexity index is 608. The lowest BCUT2D eigenvalue weighted by Gasteiger charge is -2.33. The molecular formula is C15H21N5. The summed E-state index contributed by atoms with van der Waals surface area (Å²) in [4.78, 5) is 11.8. The van der Waals surface area contributed by atoms with Gasteiger partial charge in [0.05, 0.1) is 18.4 Å². The van der Waals surface area contributed by atoms with Gasteiger partial charge in [-0.15, -0.1) is 0 Å². The van der Waals surface area contributed by atoms with Crippen molar-refractivity contribution in [2.24, 2.45) is 5.92 Å². The van der Waals surface area contributed by atoms with Crippen LogP contribution in [0, 0.1) is 5.92 Å². The highest BCUT2D eigenvalue weighted by Gasteiger charge is 2.29. The van der Waals surface area contributed by atoms with Crippen LogP contribution in [-0.2, 0) is 0 Å². The van der Waals surface area contributed by atoms with E-state index in [0.717, 1.165) is 36.0 Å². The Hall–Kier alpha value is -1.65. The second kappa shape index (κ2) is 4.72. The maximum atomic E-state index is 4.85. The number of aromatic nitrogens is 4. The summed E-state index contributed by atoms with van der Waals surface area (Å²) in [5, 5.41) is 4.51. The van der Waals surface area contributed by atoms with Gasteiger partial charge in [-0.1, -0.05) is 6.92 Å². The van der Waals surface area contributed by atoms with Gasteiger partial charge < -0.3 is 4.90 Å². The number of hydrogen-bond donors (Lipinski definition) is 0. The van der Waals surface area contributed by atoms with Crippen molar-refractivity contribution >= 4 is 17.0 Å². The summed E-state index contributed by atoms with van der Waals surface area (Å²) in [7, 11) is 0. The van der Waals surface area contributed by atoms with Gasteiger partial charge in [-0.2, -0.15) is 5.10 Å². The lowest BCUT2D eigenvalue weighted by molar-refractivity contribution is 0.205. The zero-order chi connectivity index (χ0) is 13.5. The number of fused-ring (bicyclic) bond motifs is 1. The first-order valence-corrected chi connectivity index (χ1v) is 7.76. The molecule has 1 aliphatic carbocycles. The molecule has 0 spiro atoms. The third-order valence-electron chi connectivity index (χ3n) is 4.66. The number of anilines is 1. The molecule has 4 rings (SSSR count). The van der Waals surface area contributed by atoms with Gasteiger partial charge in [0.1, 0.15) is 11.3 Å². The van der Waals surface area contributed by atoms with Crippen LogP contribution in [0.5, 0.6) is 0 Å². The van der Waals surface area contributed by atoms with Gasteiger partial charge in [0.25, 0.3) is 0 Å². The van der Waals surface area contributed by atoms with Crippen molar-refractivity contribution in [2.75, 3.05) is 18.0 Å². The predicted octanol–water partition coefficient (Wildman–Crippen LogP) is 2.79. The van der Waals surface area contributed by atoms with Gasteiger partial charge in [-0.05, 0) is 38.0 Å². The summed E-state index contributed by atoms with van der Waals surface area (Å²) in [5.74, 6) is 1.84. The second-order valence-electron chi connectivity index (χ2n) is 6.30. The lowest BCUT2D eigenvalue weighted by Crippen LogP contribution is -2.30. The molecule has 106 valence electrons. The van der Waals surface area contributed by atoms with E-state index in [1.54, 1.807) is 0 Å². The monoisotopic (exact) mass is 271 g/mol. The van der Waals surface area contributed by atoms with Crippen molar-refractivity contribution in [1.29, 1.82) is 0 Å². The molecule has 0 aromatic carbocycles. The van der Waals surface area contributed by atoms with E-state index in [1.165, 1.54) is 32.1 Å². The van der Waals surface area contributed by atoms with E-state index in [9.17, 15) is 0 Å². The second-order valence-corrected chi connectivity index (χ2v) is 6.30. The summed E-state index contributed by atoms with van der Waals surface area (Å²) in [6.07, 6.45) is 10.1. The van der Waals surface area contributed by atoms with Gasteiger partial charge >= 0.3 is 0 Å². The molecule has 5 heteroatoms. The molecular weight excluding hydrogens is 250 g/mol. The van der Waals surface area contributed by atoms with E-state index in [2.05, 4.69) is 26.6 Å². The molecule has 1 aliphatic heterocycles. The van der Waals surface area contributed by atoms with Crippen molar-refractivity contribution in [3.8, 4) is 0 Å². The fourth-order valence-electron chi connectivity index (χ4n) is 3.41. The van der Waals surface area contributed by atoms with Gasteiger partial charge in [0.15, 0.2) is 5.65 Å². The molecule has 3 heterocycles. The average molecular weight is 271 g/mol. The fourth-order valence-corrected chi connectivity index (χ4v) is 3.41. The topological polar surface area (TPSA) is 46.8 Å². The SMILES string of the molecule is CC1CC(n2ncc3ncc(N4CCCCC4)nc32)C1. The van der Waals surface area contributed by atoms with E-state index in [0.29, 0.717) is 6.04 Å². The molecule has 0 bridgehead atoms. The van der Waals surface area contributed by atoms with Crippen LogP contribution in [0.1, 0.15) is 45.1 Å². The van der Waals surface area contributed by atoms with Crippen LogP contribution >= 0.6 is 0 Å². The van der Waals surface area contributed by atoms with E-state index >= 15 is 0 Å². The molecule has 0 amide bonds. The van der Waals surface area contributed by atoms with E-state index in [-0.39, 0.29) is 0 Å². The number of nitrogens with zero attached hydrogens (tertiary/aromatic N) is 5. The van der Waals surface area contributed by atoms with Crippen molar-refractivity contribution < 1.29 is 0 Å². The summed E-state index contributed by atoms with van der Waals surface area (Å²) < 4.78 is 2.09. The summed E-state index contributed by atoms with van der Waals surface area (Å²) in [6, 6.07) is 0.522. The minimum absolute atomic E-state index is 0.522. The quantitative estimate of drug-likeness (QED) is 0.842. The molecule has 2 aromatic heterocycles. The minimum atomic E-state index is 0.522. The summed E-state index contributed by atoms with van der Waals surface area (Å²) >= 11 is 0. The zero-order valence-corrected chi connectivity index (χ0v) is 12.0. The number of hydrogen-bond acceptors (Lipinski definition) is 4. The minimum Gasteiger partial charge on any atom is -0.355 e. The Labute approximate surface area is 119 Å². The normalized spacial score (nSPS) is 26.8. The van der Waals surface area contributed by atoms with Gasteiger partial charge in [0, 0.05) is 13.1 Å². The molecule has 20 heavy (non-hydrogen) atoms. The molecule has 2 fully saturated rings. The van der Waals surface area contributed by atoms with Crippen LogP contribution in [0.4, 0.5) is 5.82 Å². The molecule has 2 aliphatic rings. The molecule has 2 aromatic rings. The predicted molar refractivity (Wildman–Crippen MR) is 78.8 cm³/mol. The Morgan fingerprint density at radius 1 is 1.10 bits per heavy atom. The van der Waals surface area contributed by atoms with Crippen LogP contribution in [0.15, 0.2) is 12.4 Å². The maximum absolute atomic E-state index is 4.85. The third kappa shape index (κ3) is 1.96. The molecule has 0 N–H and O–H groups in total. The summed E-state index contributed by atoms with van der Waals surface area (Å²) in [5.41, 5.74) is 1.88. The van der Waals surface area contributed by atoms with Crippen LogP contribution in [0.3, 0.4) is 0 Å². The first-order chi connectivity index (χ1) is 9.81. The number of rotatable bonds is 2. The zero-order valence-electron chi connectivity index (χ0n) is 12.0. The number of piperidine rings is 1. The Morgan fingerprint density at radius 3 is 2.65 bits per heavy atom. The van der Waals surface area contributed by atoms with Crippen molar-refractivity contribution in [3.63, 3.8) is 0 Å². The van der Waals surface area contributed by atoms with Crippen LogP contribution < -0.4 is 4.90 Å². The van der Waals surface area contributed by atoms with Gasteiger partial charge in [0.2, 0.25) is 0 Å². The van der Waals surface area contributed by atoms with E-state index in [4.69, 9.17) is 4.98 Å². The average Bonchev–Trinajstić information content (AvgIpc) is 2.87. The Kier molecular flexibility index (Phi) is 2.86. The van der Waals surface area contributed by atoms with Crippen molar-refractivity contribution in [3.05, 3.63) is 12.4 Å². The standard InChI is InChI=1S/C15H21N5/c1-11-7-12(8-11)20-15-13(9-17-20)16-10-14(18-15)19-5-3-2-4-6-19/h9-12H,2-8H2,1H3. The third-order valence-corrected chi connectivity index (χ3v) is 4.66. The first kappa shape index (κ1) is 12.1. The van der Waals surface area contributed by atoms with E-state index < -0.39 is 0 Å².